The number of ether oxygens (including phenoxy) is 1. The molecule has 22 heavy (non-hydrogen) atoms. The Balaban J connectivity index is 1.79. The van der Waals surface area contributed by atoms with Gasteiger partial charge in [-0.15, -0.1) is 0 Å². The van der Waals surface area contributed by atoms with Gasteiger partial charge in [-0.3, -0.25) is 4.79 Å². The fourth-order valence-electron chi connectivity index (χ4n) is 3.77. The molecule has 2 fully saturated rings. The van der Waals surface area contributed by atoms with Gasteiger partial charge < -0.3 is 19.5 Å². The molecule has 3 aliphatic rings. The van der Waals surface area contributed by atoms with Crippen molar-refractivity contribution in [3.8, 4) is 6.07 Å². The van der Waals surface area contributed by atoms with Gasteiger partial charge in [0.15, 0.2) is 0 Å². The van der Waals surface area contributed by atoms with Gasteiger partial charge in [-0.05, 0) is 12.1 Å². The number of carboxylic acids is 1. The first-order valence-electron chi connectivity index (χ1n) is 6.96. The van der Waals surface area contributed by atoms with Crippen LogP contribution in [0.2, 0.25) is 0 Å². The van der Waals surface area contributed by atoms with Crippen molar-refractivity contribution < 1.29 is 19.4 Å². The summed E-state index contributed by atoms with van der Waals surface area (Å²) in [6, 6.07) is 8.81. The lowest BCUT2D eigenvalue weighted by molar-refractivity contribution is -0.313. The number of benzene rings is 1. The van der Waals surface area contributed by atoms with E-state index in [0.29, 0.717) is 11.3 Å². The molecular weight excluding hydrogens is 284 g/mol. The normalized spacial score (nSPS) is 34.8. The standard InChI is InChI=1S/C16H12N2O4/c17-7-9-3-1-2-4-10(9)18-8-16-6-5-11(22-16)12(15(20)21)13(16)14(18)19/h1-6,11-13H,8H2,(H,20,21)/p-1/t11-,12-,13+,16+/m0/s1. The molecule has 1 aromatic carbocycles. The van der Waals surface area contributed by atoms with Crippen LogP contribution in [-0.2, 0) is 14.3 Å². The maximum atomic E-state index is 12.8. The number of rotatable bonds is 2. The Morgan fingerprint density at radius 2 is 2.23 bits per heavy atom. The van der Waals surface area contributed by atoms with E-state index in [9.17, 15) is 20.0 Å². The Morgan fingerprint density at radius 3 is 2.95 bits per heavy atom. The first-order valence-corrected chi connectivity index (χ1v) is 6.96. The molecule has 4 atom stereocenters. The minimum atomic E-state index is -1.27. The second-order valence-corrected chi connectivity index (χ2v) is 5.77. The Bertz CT molecular complexity index is 766. The number of hydrogen-bond donors (Lipinski definition) is 0. The van der Waals surface area contributed by atoms with E-state index in [2.05, 4.69) is 6.07 Å². The van der Waals surface area contributed by atoms with Crippen molar-refractivity contribution in [2.45, 2.75) is 11.7 Å². The summed E-state index contributed by atoms with van der Waals surface area (Å²) in [6.07, 6.45) is 2.85. The molecule has 0 aliphatic carbocycles. The smallest absolute Gasteiger partial charge is 0.234 e. The monoisotopic (exact) mass is 295 g/mol. The molecule has 0 aromatic heterocycles. The van der Waals surface area contributed by atoms with Crippen LogP contribution in [0.25, 0.3) is 0 Å². The molecule has 0 radical (unpaired) electrons. The van der Waals surface area contributed by atoms with E-state index in [0.717, 1.165) is 0 Å². The highest BCUT2D eigenvalue weighted by atomic mass is 16.5. The molecule has 1 amide bonds. The van der Waals surface area contributed by atoms with Crippen molar-refractivity contribution in [2.75, 3.05) is 11.4 Å². The lowest BCUT2D eigenvalue weighted by atomic mass is 9.77. The maximum Gasteiger partial charge on any atom is 0.234 e. The van der Waals surface area contributed by atoms with Gasteiger partial charge in [0.25, 0.3) is 0 Å². The van der Waals surface area contributed by atoms with Crippen molar-refractivity contribution in [3.63, 3.8) is 0 Å². The summed E-state index contributed by atoms with van der Waals surface area (Å²) in [5.74, 6) is -3.37. The van der Waals surface area contributed by atoms with Gasteiger partial charge in [0.1, 0.15) is 11.7 Å². The molecule has 4 rings (SSSR count). The molecule has 0 N–H and O–H groups in total. The number of carboxylic acid groups (broad SMARTS) is 1. The number of fused-ring (bicyclic) bond motifs is 1. The lowest BCUT2D eigenvalue weighted by Crippen LogP contribution is -2.45. The molecule has 3 heterocycles. The van der Waals surface area contributed by atoms with Crippen LogP contribution in [0.4, 0.5) is 5.69 Å². The number of hydrogen-bond acceptors (Lipinski definition) is 5. The van der Waals surface area contributed by atoms with Crippen LogP contribution in [0.3, 0.4) is 0 Å². The number of amides is 1. The molecule has 6 heteroatoms. The minimum absolute atomic E-state index is 0.214. The Kier molecular flexibility index (Phi) is 2.48. The molecule has 0 saturated carbocycles. The zero-order valence-electron chi connectivity index (χ0n) is 11.4. The molecule has 1 aromatic rings. The predicted molar refractivity (Wildman–Crippen MR) is 72.2 cm³/mol. The topological polar surface area (TPSA) is 93.5 Å². The highest BCUT2D eigenvalue weighted by Gasteiger charge is 2.65. The molecule has 110 valence electrons. The van der Waals surface area contributed by atoms with Gasteiger partial charge >= 0.3 is 0 Å². The van der Waals surface area contributed by atoms with E-state index in [-0.39, 0.29) is 12.5 Å². The number of para-hydroxylation sites is 1. The summed E-state index contributed by atoms with van der Waals surface area (Å²) in [4.78, 5) is 25.6. The highest BCUT2D eigenvalue weighted by Crippen LogP contribution is 2.52. The quantitative estimate of drug-likeness (QED) is 0.692. The highest BCUT2D eigenvalue weighted by molar-refractivity contribution is 6.03. The molecule has 6 nitrogen and oxygen atoms in total. The van der Waals surface area contributed by atoms with Crippen molar-refractivity contribution in [1.82, 2.24) is 0 Å². The third-order valence-corrected chi connectivity index (χ3v) is 4.69. The van der Waals surface area contributed by atoms with Gasteiger partial charge in [0, 0.05) is 11.9 Å². The molecule has 1 spiro atoms. The van der Waals surface area contributed by atoms with E-state index in [1.165, 1.54) is 4.90 Å². The summed E-state index contributed by atoms with van der Waals surface area (Å²) in [5, 5.41) is 20.6. The van der Waals surface area contributed by atoms with Crippen LogP contribution < -0.4 is 10.0 Å². The number of carbonyl (C=O) groups excluding carboxylic acids is 2. The molecule has 2 saturated heterocycles. The van der Waals surface area contributed by atoms with Crippen molar-refractivity contribution >= 4 is 17.6 Å². The van der Waals surface area contributed by atoms with E-state index < -0.39 is 29.5 Å². The largest absolute Gasteiger partial charge is 0.550 e. The van der Waals surface area contributed by atoms with E-state index in [4.69, 9.17) is 4.74 Å². The number of nitriles is 1. The van der Waals surface area contributed by atoms with Crippen LogP contribution in [0.15, 0.2) is 36.4 Å². The number of carbonyl (C=O) groups is 2. The first-order chi connectivity index (χ1) is 10.6. The van der Waals surface area contributed by atoms with Crippen LogP contribution in [0, 0.1) is 23.2 Å². The lowest BCUT2D eigenvalue weighted by Gasteiger charge is -2.24. The zero-order valence-corrected chi connectivity index (χ0v) is 11.4. The molecular formula is C16H11N2O4-. The second-order valence-electron chi connectivity index (χ2n) is 5.77. The van der Waals surface area contributed by atoms with Crippen LogP contribution in [-0.4, -0.2) is 30.1 Å². The summed E-state index contributed by atoms with van der Waals surface area (Å²) in [7, 11) is 0. The molecule has 3 aliphatic heterocycles. The third kappa shape index (κ3) is 1.46. The van der Waals surface area contributed by atoms with Crippen molar-refractivity contribution in [2.24, 2.45) is 11.8 Å². The molecule has 0 unspecified atom stereocenters. The van der Waals surface area contributed by atoms with Crippen LogP contribution in [0.5, 0.6) is 0 Å². The summed E-state index contributed by atoms with van der Waals surface area (Å²) >= 11 is 0. The number of nitrogens with zero attached hydrogens (tertiary/aromatic N) is 2. The van der Waals surface area contributed by atoms with Gasteiger partial charge in [0.2, 0.25) is 5.91 Å². The second kappa shape index (κ2) is 4.18. The first kappa shape index (κ1) is 13.0. The fourth-order valence-corrected chi connectivity index (χ4v) is 3.77. The van der Waals surface area contributed by atoms with Gasteiger partial charge in [-0.25, -0.2) is 0 Å². The third-order valence-electron chi connectivity index (χ3n) is 4.69. The maximum absolute atomic E-state index is 12.8. The van der Waals surface area contributed by atoms with Gasteiger partial charge in [-0.1, -0.05) is 24.3 Å². The SMILES string of the molecule is N#Cc1ccccc1N1C[C@@]23C=C[C@H](O2)[C@H](C(=O)[O-])[C@@H]3C1=O. The van der Waals surface area contributed by atoms with E-state index in [1.807, 2.05) is 0 Å². The van der Waals surface area contributed by atoms with Crippen LogP contribution in [0.1, 0.15) is 5.56 Å². The summed E-state index contributed by atoms with van der Waals surface area (Å²) < 4.78 is 5.78. The minimum Gasteiger partial charge on any atom is -0.550 e. The Morgan fingerprint density at radius 1 is 1.45 bits per heavy atom. The Labute approximate surface area is 126 Å². The van der Waals surface area contributed by atoms with Gasteiger partial charge in [-0.2, -0.15) is 5.26 Å². The average Bonchev–Trinajstić information content (AvgIpc) is 3.15. The van der Waals surface area contributed by atoms with E-state index >= 15 is 0 Å². The van der Waals surface area contributed by atoms with E-state index in [1.54, 1.807) is 36.4 Å². The number of anilines is 1. The molecule has 2 bridgehead atoms. The summed E-state index contributed by atoms with van der Waals surface area (Å²) in [5.41, 5.74) is -0.0678. The predicted octanol–water partition coefficient (Wildman–Crippen LogP) is -0.405. The van der Waals surface area contributed by atoms with Crippen molar-refractivity contribution in [3.05, 3.63) is 42.0 Å². The zero-order chi connectivity index (χ0) is 15.5. The Hall–Kier alpha value is -2.65. The average molecular weight is 295 g/mol. The van der Waals surface area contributed by atoms with Gasteiger partial charge in [0.05, 0.1) is 29.8 Å². The summed E-state index contributed by atoms with van der Waals surface area (Å²) in [6.45, 7) is 0.214. The van der Waals surface area contributed by atoms with Crippen molar-refractivity contribution in [1.29, 1.82) is 5.26 Å². The fraction of sp³-hybridized carbons (Fsp3) is 0.312. The van der Waals surface area contributed by atoms with Crippen LogP contribution >= 0.6 is 0 Å². The number of aliphatic carboxylic acids is 1.